The molecular weight excluding hydrogens is 318 g/mol. The molecule has 0 bridgehead atoms. The lowest BCUT2D eigenvalue weighted by atomic mass is 10.1. The second-order valence-corrected chi connectivity index (χ2v) is 8.64. The Kier molecular flexibility index (Phi) is 5.23. The van der Waals surface area contributed by atoms with E-state index >= 15 is 0 Å². The van der Waals surface area contributed by atoms with E-state index in [1.54, 1.807) is 36.9 Å². The largest absolute Gasteiger partial charge is 0.392 e. The minimum atomic E-state index is -3.16. The van der Waals surface area contributed by atoms with E-state index in [9.17, 15) is 13.5 Å². The molecule has 0 aliphatic carbocycles. The molecule has 4 nitrogen and oxygen atoms in total. The van der Waals surface area contributed by atoms with Crippen LogP contribution in [0.2, 0.25) is 5.02 Å². The molecule has 1 fully saturated rings. The first-order valence-electron chi connectivity index (χ1n) is 6.45. The lowest BCUT2D eigenvalue weighted by molar-refractivity contribution is 0.282. The zero-order valence-electron chi connectivity index (χ0n) is 11.3. The van der Waals surface area contributed by atoms with Crippen molar-refractivity contribution in [1.29, 1.82) is 0 Å². The van der Waals surface area contributed by atoms with Crippen LogP contribution in [0.3, 0.4) is 0 Å². The quantitative estimate of drug-likeness (QED) is 0.913. The average molecular weight is 336 g/mol. The van der Waals surface area contributed by atoms with E-state index < -0.39 is 15.2 Å². The van der Waals surface area contributed by atoms with Crippen molar-refractivity contribution in [1.82, 2.24) is 0 Å². The molecule has 0 radical (unpaired) electrons. The average Bonchev–Trinajstić information content (AvgIpc) is 2.47. The summed E-state index contributed by atoms with van der Waals surface area (Å²) in [5.74, 6) is 1.56. The van der Waals surface area contributed by atoms with Crippen molar-refractivity contribution >= 4 is 38.9 Å². The van der Waals surface area contributed by atoms with Crippen molar-refractivity contribution in [2.75, 3.05) is 28.7 Å². The van der Waals surface area contributed by atoms with E-state index in [0.717, 1.165) is 11.4 Å². The van der Waals surface area contributed by atoms with Gasteiger partial charge in [0.2, 0.25) is 0 Å². The van der Waals surface area contributed by atoms with Gasteiger partial charge in [-0.15, -0.1) is 0 Å². The summed E-state index contributed by atoms with van der Waals surface area (Å²) in [5.41, 5.74) is 1.43. The molecule has 0 aromatic heterocycles. The molecule has 1 atom stereocenters. The van der Waals surface area contributed by atoms with Crippen LogP contribution < -0.4 is 4.90 Å². The number of sulfone groups is 1. The minimum Gasteiger partial charge on any atom is -0.392 e. The van der Waals surface area contributed by atoms with Gasteiger partial charge in [0.25, 0.3) is 0 Å². The summed E-state index contributed by atoms with van der Waals surface area (Å²) < 4.78 is 24.5. The lowest BCUT2D eigenvalue weighted by Crippen LogP contribution is -2.48. The Hall–Kier alpha value is -0.430. The molecule has 1 heterocycles. The predicted octanol–water partition coefficient (Wildman–Crippen LogP) is 2.15. The Morgan fingerprint density at radius 3 is 2.90 bits per heavy atom. The van der Waals surface area contributed by atoms with Crippen LogP contribution in [0.1, 0.15) is 12.5 Å². The summed E-state index contributed by atoms with van der Waals surface area (Å²) in [6, 6.07) is 5.21. The van der Waals surface area contributed by atoms with Crippen LogP contribution in [0.15, 0.2) is 18.2 Å². The zero-order valence-corrected chi connectivity index (χ0v) is 13.6. The van der Waals surface area contributed by atoms with Crippen molar-refractivity contribution in [3.05, 3.63) is 28.8 Å². The van der Waals surface area contributed by atoms with Gasteiger partial charge in [0, 0.05) is 40.1 Å². The Morgan fingerprint density at radius 1 is 1.50 bits per heavy atom. The van der Waals surface area contributed by atoms with Gasteiger partial charge in [-0.1, -0.05) is 18.5 Å². The first kappa shape index (κ1) is 15.9. The molecule has 7 heteroatoms. The first-order valence-corrected chi connectivity index (χ1v) is 9.69. The highest BCUT2D eigenvalue weighted by Gasteiger charge is 2.33. The van der Waals surface area contributed by atoms with E-state index in [-0.39, 0.29) is 12.4 Å². The molecule has 1 aromatic carbocycles. The molecule has 1 aliphatic heterocycles. The van der Waals surface area contributed by atoms with E-state index in [2.05, 4.69) is 0 Å². The van der Waals surface area contributed by atoms with E-state index in [4.69, 9.17) is 11.6 Å². The predicted molar refractivity (Wildman–Crippen MR) is 85.3 cm³/mol. The molecule has 0 amide bonds. The van der Waals surface area contributed by atoms with E-state index in [1.165, 1.54) is 0 Å². The topological polar surface area (TPSA) is 57.6 Å². The van der Waals surface area contributed by atoms with Crippen LogP contribution in [0.5, 0.6) is 0 Å². The second-order valence-electron chi connectivity index (χ2n) is 4.61. The normalized spacial score (nSPS) is 20.1. The van der Waals surface area contributed by atoms with Crippen LogP contribution in [0, 0.1) is 0 Å². The fourth-order valence-corrected chi connectivity index (χ4v) is 5.49. The number of thioether (sulfide) groups is 1. The van der Waals surface area contributed by atoms with Gasteiger partial charge in [0.05, 0.1) is 6.61 Å². The third-order valence-corrected chi connectivity index (χ3v) is 6.95. The molecule has 1 N–H and O–H groups in total. The molecule has 2 rings (SSSR count). The van der Waals surface area contributed by atoms with Gasteiger partial charge in [-0.2, -0.15) is 11.8 Å². The summed E-state index contributed by atoms with van der Waals surface area (Å²) in [6.45, 7) is 2.17. The highest BCUT2D eigenvalue weighted by Crippen LogP contribution is 2.31. The standard InChI is InChI=1S/C13H18ClNO3S2/c1-2-20(17,18)13-9-19-6-5-15(13)12-4-3-11(14)7-10(12)8-16/h3-4,7,13,16H,2,5-6,8-9H2,1H3. The molecule has 1 unspecified atom stereocenters. The Labute approximate surface area is 129 Å². The van der Waals surface area contributed by atoms with Gasteiger partial charge in [-0.25, -0.2) is 8.42 Å². The van der Waals surface area contributed by atoms with Crippen LogP contribution in [-0.2, 0) is 16.4 Å². The summed E-state index contributed by atoms with van der Waals surface area (Å²) >= 11 is 7.59. The third-order valence-electron chi connectivity index (χ3n) is 3.42. The smallest absolute Gasteiger partial charge is 0.171 e. The second kappa shape index (κ2) is 6.56. The van der Waals surface area contributed by atoms with Crippen molar-refractivity contribution in [2.24, 2.45) is 0 Å². The number of benzene rings is 1. The number of aliphatic hydroxyl groups excluding tert-OH is 1. The highest BCUT2D eigenvalue weighted by molar-refractivity contribution is 8.01. The van der Waals surface area contributed by atoms with Crippen molar-refractivity contribution in [3.8, 4) is 0 Å². The molecular formula is C13H18ClNO3S2. The first-order chi connectivity index (χ1) is 9.49. The maximum Gasteiger partial charge on any atom is 0.171 e. The molecule has 1 aromatic rings. The van der Waals surface area contributed by atoms with Crippen LogP contribution in [0.4, 0.5) is 5.69 Å². The molecule has 1 saturated heterocycles. The number of rotatable bonds is 4. The van der Waals surface area contributed by atoms with E-state index in [0.29, 0.717) is 22.9 Å². The number of nitrogens with zero attached hydrogens (tertiary/aromatic N) is 1. The number of aliphatic hydroxyl groups is 1. The Morgan fingerprint density at radius 2 is 2.25 bits per heavy atom. The van der Waals surface area contributed by atoms with Gasteiger partial charge in [-0.05, 0) is 18.2 Å². The monoisotopic (exact) mass is 335 g/mol. The number of halogens is 1. The molecule has 0 spiro atoms. The zero-order chi connectivity index (χ0) is 14.8. The van der Waals surface area contributed by atoms with Gasteiger partial charge in [0.1, 0.15) is 5.37 Å². The lowest BCUT2D eigenvalue weighted by Gasteiger charge is -2.37. The Bertz CT molecular complexity index is 577. The number of hydrogen-bond acceptors (Lipinski definition) is 5. The minimum absolute atomic E-state index is 0.122. The maximum absolute atomic E-state index is 12.3. The Balaban J connectivity index is 2.43. The number of hydrogen-bond donors (Lipinski definition) is 1. The summed E-state index contributed by atoms with van der Waals surface area (Å²) in [6.07, 6.45) is 0. The van der Waals surface area contributed by atoms with Gasteiger partial charge < -0.3 is 10.0 Å². The fourth-order valence-electron chi connectivity index (χ4n) is 2.31. The van der Waals surface area contributed by atoms with Crippen LogP contribution in [-0.4, -0.2) is 42.7 Å². The van der Waals surface area contributed by atoms with Crippen molar-refractivity contribution in [2.45, 2.75) is 18.9 Å². The summed E-state index contributed by atoms with van der Waals surface area (Å²) in [5, 5.41) is 9.49. The number of anilines is 1. The molecule has 0 saturated carbocycles. The van der Waals surface area contributed by atoms with Crippen molar-refractivity contribution < 1.29 is 13.5 Å². The molecule has 1 aliphatic rings. The maximum atomic E-state index is 12.3. The summed E-state index contributed by atoms with van der Waals surface area (Å²) in [7, 11) is -3.16. The third kappa shape index (κ3) is 3.24. The highest BCUT2D eigenvalue weighted by atomic mass is 35.5. The molecule has 112 valence electrons. The van der Waals surface area contributed by atoms with Crippen LogP contribution >= 0.6 is 23.4 Å². The van der Waals surface area contributed by atoms with Gasteiger partial charge in [-0.3, -0.25) is 0 Å². The SMILES string of the molecule is CCS(=O)(=O)C1CSCCN1c1ccc(Cl)cc1CO. The van der Waals surface area contributed by atoms with Gasteiger partial charge in [0.15, 0.2) is 9.84 Å². The van der Waals surface area contributed by atoms with Gasteiger partial charge >= 0.3 is 0 Å². The van der Waals surface area contributed by atoms with E-state index in [1.807, 2.05) is 4.90 Å². The molecule has 20 heavy (non-hydrogen) atoms. The summed E-state index contributed by atoms with van der Waals surface area (Å²) in [4.78, 5) is 1.89. The van der Waals surface area contributed by atoms with Crippen LogP contribution in [0.25, 0.3) is 0 Å². The fraction of sp³-hybridized carbons (Fsp3) is 0.538. The van der Waals surface area contributed by atoms with Crippen molar-refractivity contribution in [3.63, 3.8) is 0 Å².